The summed E-state index contributed by atoms with van der Waals surface area (Å²) in [5, 5.41) is 3.59. The average Bonchev–Trinajstić information content (AvgIpc) is 3.15. The normalized spacial score (nSPS) is 10.7. The summed E-state index contributed by atoms with van der Waals surface area (Å²) >= 11 is 1.42. The number of carbonyl (C=O) groups is 1. The van der Waals surface area contributed by atoms with E-state index in [1.165, 1.54) is 17.3 Å². The Labute approximate surface area is 150 Å². The molecule has 0 aliphatic rings. The van der Waals surface area contributed by atoms with Gasteiger partial charge in [-0.3, -0.25) is 4.79 Å². The Morgan fingerprint density at radius 1 is 1.16 bits per heavy atom. The summed E-state index contributed by atoms with van der Waals surface area (Å²) in [6, 6.07) is 11.7. The Morgan fingerprint density at radius 3 is 2.56 bits per heavy atom. The zero-order valence-corrected chi connectivity index (χ0v) is 15.2. The number of rotatable bonds is 5. The van der Waals surface area contributed by atoms with Crippen molar-refractivity contribution >= 4 is 17.7 Å². The molecular formula is C19H19N3O2S. The molecule has 3 rings (SSSR count). The van der Waals surface area contributed by atoms with E-state index in [0.29, 0.717) is 34.4 Å². The van der Waals surface area contributed by atoms with E-state index >= 15 is 0 Å². The summed E-state index contributed by atoms with van der Waals surface area (Å²) < 4.78 is 5.35. The quantitative estimate of drug-likeness (QED) is 0.554. The monoisotopic (exact) mass is 353 g/mol. The fourth-order valence-electron chi connectivity index (χ4n) is 2.45. The van der Waals surface area contributed by atoms with Crippen LogP contribution in [0.5, 0.6) is 0 Å². The van der Waals surface area contributed by atoms with E-state index in [1.54, 1.807) is 18.4 Å². The van der Waals surface area contributed by atoms with Crippen LogP contribution in [0.4, 0.5) is 0 Å². The van der Waals surface area contributed by atoms with Crippen molar-refractivity contribution in [2.45, 2.75) is 25.4 Å². The maximum atomic E-state index is 12.7. The lowest BCUT2D eigenvalue weighted by molar-refractivity contribution is 0.0946. The van der Waals surface area contributed by atoms with E-state index in [-0.39, 0.29) is 5.91 Å². The number of nitrogens with one attached hydrogen (secondary N) is 1. The fourth-order valence-corrected chi connectivity index (χ4v) is 3.07. The first-order chi connectivity index (χ1) is 12.1. The Hall–Kier alpha value is -2.60. The van der Waals surface area contributed by atoms with Gasteiger partial charge in [0.2, 0.25) is 0 Å². The smallest absolute Gasteiger partial charge is 0.256 e. The number of furan rings is 1. The Balaban J connectivity index is 1.83. The number of nitrogens with zero attached hydrogens (tertiary/aromatic N) is 2. The molecule has 0 spiro atoms. The standard InChI is InChI=1S/C19H19N3O2S/c1-12-6-8-14(9-7-12)11-20-18(23)16-13(2)21-17(22-19(16)25-3)15-5-4-10-24-15/h4-10H,11H2,1-3H3,(H,20,23). The molecule has 0 bridgehead atoms. The Bertz CT molecular complexity index is 874. The van der Waals surface area contributed by atoms with Crippen LogP contribution in [0, 0.1) is 13.8 Å². The molecule has 2 aromatic heterocycles. The largest absolute Gasteiger partial charge is 0.461 e. The van der Waals surface area contributed by atoms with Gasteiger partial charge in [0, 0.05) is 6.54 Å². The van der Waals surface area contributed by atoms with Crippen molar-refractivity contribution < 1.29 is 9.21 Å². The van der Waals surface area contributed by atoms with Crippen LogP contribution < -0.4 is 5.32 Å². The van der Waals surface area contributed by atoms with E-state index < -0.39 is 0 Å². The second-order valence-electron chi connectivity index (χ2n) is 5.66. The van der Waals surface area contributed by atoms with Crippen LogP contribution in [0.25, 0.3) is 11.6 Å². The molecule has 1 N–H and O–H groups in total. The summed E-state index contributed by atoms with van der Waals surface area (Å²) in [5.74, 6) is 0.903. The molecule has 0 saturated carbocycles. The van der Waals surface area contributed by atoms with E-state index in [9.17, 15) is 4.79 Å². The Morgan fingerprint density at radius 2 is 1.92 bits per heavy atom. The van der Waals surface area contributed by atoms with Gasteiger partial charge in [0.1, 0.15) is 5.03 Å². The number of hydrogen-bond donors (Lipinski definition) is 1. The zero-order valence-electron chi connectivity index (χ0n) is 14.4. The lowest BCUT2D eigenvalue weighted by Gasteiger charge is -2.12. The molecular weight excluding hydrogens is 334 g/mol. The van der Waals surface area contributed by atoms with Gasteiger partial charge in [0.15, 0.2) is 11.6 Å². The van der Waals surface area contributed by atoms with Crippen LogP contribution in [0.1, 0.15) is 27.2 Å². The average molecular weight is 353 g/mol. The third-order valence-corrected chi connectivity index (χ3v) is 4.47. The second-order valence-corrected chi connectivity index (χ2v) is 6.46. The SMILES string of the molecule is CSc1nc(-c2ccco2)nc(C)c1C(=O)NCc1ccc(C)cc1. The summed E-state index contributed by atoms with van der Waals surface area (Å²) in [6.07, 6.45) is 3.47. The number of carbonyl (C=O) groups excluding carboxylic acids is 1. The van der Waals surface area contributed by atoms with Gasteiger partial charge in [-0.15, -0.1) is 11.8 Å². The summed E-state index contributed by atoms with van der Waals surface area (Å²) in [4.78, 5) is 21.6. The molecule has 25 heavy (non-hydrogen) atoms. The minimum atomic E-state index is -0.173. The molecule has 0 atom stereocenters. The van der Waals surface area contributed by atoms with Gasteiger partial charge in [0.05, 0.1) is 17.5 Å². The molecule has 0 aliphatic heterocycles. The highest BCUT2D eigenvalue weighted by molar-refractivity contribution is 7.98. The van der Waals surface area contributed by atoms with Crippen LogP contribution in [-0.4, -0.2) is 22.1 Å². The minimum Gasteiger partial charge on any atom is -0.461 e. The third kappa shape index (κ3) is 3.91. The number of amides is 1. The van der Waals surface area contributed by atoms with E-state index in [4.69, 9.17) is 4.42 Å². The number of thioether (sulfide) groups is 1. The van der Waals surface area contributed by atoms with Crippen molar-refractivity contribution in [3.63, 3.8) is 0 Å². The maximum absolute atomic E-state index is 12.7. The summed E-state index contributed by atoms with van der Waals surface area (Å²) in [6.45, 7) is 4.31. The van der Waals surface area contributed by atoms with Crippen molar-refractivity contribution in [3.05, 3.63) is 65.0 Å². The van der Waals surface area contributed by atoms with Crippen molar-refractivity contribution in [1.82, 2.24) is 15.3 Å². The lowest BCUT2D eigenvalue weighted by atomic mass is 10.1. The van der Waals surface area contributed by atoms with Crippen molar-refractivity contribution in [2.24, 2.45) is 0 Å². The lowest BCUT2D eigenvalue weighted by Crippen LogP contribution is -2.25. The summed E-state index contributed by atoms with van der Waals surface area (Å²) in [7, 11) is 0. The molecule has 0 radical (unpaired) electrons. The Kier molecular flexibility index (Phi) is 5.19. The predicted molar refractivity (Wildman–Crippen MR) is 98.6 cm³/mol. The minimum absolute atomic E-state index is 0.173. The van der Waals surface area contributed by atoms with E-state index in [1.807, 2.05) is 44.4 Å². The van der Waals surface area contributed by atoms with Crippen molar-refractivity contribution in [1.29, 1.82) is 0 Å². The van der Waals surface area contributed by atoms with Crippen LogP contribution in [0.3, 0.4) is 0 Å². The van der Waals surface area contributed by atoms with E-state index in [2.05, 4.69) is 15.3 Å². The highest BCUT2D eigenvalue weighted by atomic mass is 32.2. The van der Waals surface area contributed by atoms with Gasteiger partial charge < -0.3 is 9.73 Å². The van der Waals surface area contributed by atoms with Gasteiger partial charge >= 0.3 is 0 Å². The second kappa shape index (κ2) is 7.53. The van der Waals surface area contributed by atoms with Crippen LogP contribution in [0.15, 0.2) is 52.1 Å². The first-order valence-corrected chi connectivity index (χ1v) is 9.11. The molecule has 2 heterocycles. The zero-order chi connectivity index (χ0) is 17.8. The highest BCUT2D eigenvalue weighted by Gasteiger charge is 2.19. The number of aryl methyl sites for hydroxylation is 2. The van der Waals surface area contributed by atoms with Gasteiger partial charge in [-0.2, -0.15) is 0 Å². The van der Waals surface area contributed by atoms with Crippen LogP contribution in [-0.2, 0) is 6.54 Å². The first kappa shape index (κ1) is 17.2. The predicted octanol–water partition coefficient (Wildman–Crippen LogP) is 4.01. The number of benzene rings is 1. The molecule has 3 aromatic rings. The van der Waals surface area contributed by atoms with E-state index in [0.717, 1.165) is 5.56 Å². The molecule has 5 nitrogen and oxygen atoms in total. The van der Waals surface area contributed by atoms with Gasteiger partial charge in [-0.1, -0.05) is 29.8 Å². The number of hydrogen-bond acceptors (Lipinski definition) is 5. The maximum Gasteiger partial charge on any atom is 0.256 e. The van der Waals surface area contributed by atoms with Gasteiger partial charge in [-0.25, -0.2) is 9.97 Å². The van der Waals surface area contributed by atoms with Crippen molar-refractivity contribution in [3.8, 4) is 11.6 Å². The molecule has 128 valence electrons. The third-order valence-electron chi connectivity index (χ3n) is 3.79. The van der Waals surface area contributed by atoms with Gasteiger partial charge in [0.25, 0.3) is 5.91 Å². The molecule has 0 fully saturated rings. The number of aromatic nitrogens is 2. The molecule has 1 aromatic carbocycles. The molecule has 1 amide bonds. The molecule has 0 saturated heterocycles. The van der Waals surface area contributed by atoms with Crippen LogP contribution >= 0.6 is 11.8 Å². The van der Waals surface area contributed by atoms with Crippen LogP contribution in [0.2, 0.25) is 0 Å². The topological polar surface area (TPSA) is 68.0 Å². The molecule has 6 heteroatoms. The summed E-state index contributed by atoms with van der Waals surface area (Å²) in [5.41, 5.74) is 3.38. The molecule has 0 aliphatic carbocycles. The van der Waals surface area contributed by atoms with Gasteiger partial charge in [-0.05, 0) is 37.8 Å². The molecule has 0 unspecified atom stereocenters. The fraction of sp³-hybridized carbons (Fsp3) is 0.211. The van der Waals surface area contributed by atoms with Crippen molar-refractivity contribution in [2.75, 3.05) is 6.26 Å². The highest BCUT2D eigenvalue weighted by Crippen LogP contribution is 2.25. The first-order valence-electron chi connectivity index (χ1n) is 7.88.